The average Bonchev–Trinajstić information content (AvgIpc) is 2.74. The van der Waals surface area contributed by atoms with E-state index in [2.05, 4.69) is 20.6 Å². The van der Waals surface area contributed by atoms with Gasteiger partial charge in [-0.05, 0) is 42.3 Å². The van der Waals surface area contributed by atoms with Gasteiger partial charge < -0.3 is 16.4 Å². The van der Waals surface area contributed by atoms with Crippen molar-refractivity contribution >= 4 is 29.2 Å². The van der Waals surface area contributed by atoms with Crippen molar-refractivity contribution < 1.29 is 9.59 Å². The van der Waals surface area contributed by atoms with Crippen LogP contribution in [0.3, 0.4) is 0 Å². The Hall–Kier alpha value is -3.45. The first kappa shape index (κ1) is 20.3. The lowest BCUT2D eigenvalue weighted by molar-refractivity contribution is 0.0945. The maximum atomic E-state index is 12.6. The van der Waals surface area contributed by atoms with E-state index < -0.39 is 5.91 Å². The lowest BCUT2D eigenvalue weighted by Gasteiger charge is -2.10. The summed E-state index contributed by atoms with van der Waals surface area (Å²) >= 11 is 6.03. The summed E-state index contributed by atoms with van der Waals surface area (Å²) < 4.78 is 0. The van der Waals surface area contributed by atoms with Crippen LogP contribution in [0, 0.1) is 6.92 Å². The molecule has 7 nitrogen and oxygen atoms in total. The van der Waals surface area contributed by atoms with Gasteiger partial charge in [-0.1, -0.05) is 29.8 Å². The molecule has 2 amide bonds. The molecular weight excluding hydrogens is 390 g/mol. The molecule has 0 atom stereocenters. The lowest BCUT2D eigenvalue weighted by Crippen LogP contribution is -2.23. The van der Waals surface area contributed by atoms with Gasteiger partial charge in [0.25, 0.3) is 11.8 Å². The van der Waals surface area contributed by atoms with Crippen LogP contribution in [-0.2, 0) is 6.54 Å². The third-order valence-electron chi connectivity index (χ3n) is 4.41. The molecule has 0 saturated heterocycles. The number of halogens is 1. The molecule has 29 heavy (non-hydrogen) atoms. The molecule has 3 aromatic rings. The van der Waals surface area contributed by atoms with Gasteiger partial charge in [-0.2, -0.15) is 0 Å². The van der Waals surface area contributed by atoms with E-state index in [0.717, 1.165) is 11.1 Å². The Labute approximate surface area is 173 Å². The highest BCUT2D eigenvalue weighted by Gasteiger charge is 2.14. The van der Waals surface area contributed by atoms with E-state index in [1.807, 2.05) is 25.1 Å². The van der Waals surface area contributed by atoms with Crippen molar-refractivity contribution in [2.75, 3.05) is 12.8 Å². The van der Waals surface area contributed by atoms with Crippen molar-refractivity contribution in [2.45, 2.75) is 13.5 Å². The van der Waals surface area contributed by atoms with Crippen molar-refractivity contribution in [1.82, 2.24) is 20.6 Å². The zero-order valence-electron chi connectivity index (χ0n) is 16.0. The number of hydrogen-bond donors (Lipinski definition) is 3. The number of nitrogens with zero attached hydrogens (tertiary/aromatic N) is 2. The molecule has 2 aromatic carbocycles. The molecule has 1 heterocycles. The van der Waals surface area contributed by atoms with Crippen molar-refractivity contribution in [3.05, 3.63) is 76.1 Å². The summed E-state index contributed by atoms with van der Waals surface area (Å²) in [6, 6.07) is 12.5. The molecule has 0 aliphatic carbocycles. The number of nitrogens with one attached hydrogen (secondary N) is 2. The van der Waals surface area contributed by atoms with Crippen LogP contribution in [0.2, 0.25) is 5.02 Å². The fourth-order valence-corrected chi connectivity index (χ4v) is 2.95. The Morgan fingerprint density at radius 1 is 1.14 bits per heavy atom. The Kier molecular flexibility index (Phi) is 6.09. The van der Waals surface area contributed by atoms with Crippen LogP contribution in [0.25, 0.3) is 11.3 Å². The summed E-state index contributed by atoms with van der Waals surface area (Å²) in [5, 5.41) is 5.99. The number of anilines is 1. The van der Waals surface area contributed by atoms with Crippen LogP contribution in [0.15, 0.2) is 48.7 Å². The predicted molar refractivity (Wildman–Crippen MR) is 113 cm³/mol. The van der Waals surface area contributed by atoms with Gasteiger partial charge in [-0.15, -0.1) is 0 Å². The van der Waals surface area contributed by atoms with Crippen LogP contribution in [0.5, 0.6) is 0 Å². The van der Waals surface area contributed by atoms with E-state index in [9.17, 15) is 9.59 Å². The number of amides is 2. The smallest absolute Gasteiger partial charge is 0.273 e. The van der Waals surface area contributed by atoms with Gasteiger partial charge >= 0.3 is 0 Å². The third-order valence-corrected chi connectivity index (χ3v) is 4.65. The van der Waals surface area contributed by atoms with E-state index in [-0.39, 0.29) is 17.4 Å². The highest BCUT2D eigenvalue weighted by Crippen LogP contribution is 2.20. The van der Waals surface area contributed by atoms with Crippen LogP contribution in [0.1, 0.15) is 32.0 Å². The van der Waals surface area contributed by atoms with Gasteiger partial charge in [-0.25, -0.2) is 9.97 Å². The minimum absolute atomic E-state index is 0.0382. The highest BCUT2D eigenvalue weighted by atomic mass is 35.5. The zero-order chi connectivity index (χ0) is 21.0. The number of rotatable bonds is 5. The molecule has 8 heteroatoms. The number of hydrogen-bond acceptors (Lipinski definition) is 5. The van der Waals surface area contributed by atoms with Gasteiger partial charge in [0, 0.05) is 29.7 Å². The molecule has 0 bridgehead atoms. The van der Waals surface area contributed by atoms with Gasteiger partial charge in [0.15, 0.2) is 11.5 Å². The van der Waals surface area contributed by atoms with Crippen LogP contribution < -0.4 is 16.4 Å². The number of nitrogens with two attached hydrogens (primary N) is 1. The maximum absolute atomic E-state index is 12.6. The highest BCUT2D eigenvalue weighted by molar-refractivity contribution is 6.30. The maximum Gasteiger partial charge on any atom is 0.273 e. The van der Waals surface area contributed by atoms with Crippen molar-refractivity contribution in [3.63, 3.8) is 0 Å². The van der Waals surface area contributed by atoms with E-state index in [1.54, 1.807) is 24.3 Å². The second-order valence-electron chi connectivity index (χ2n) is 6.40. The van der Waals surface area contributed by atoms with Crippen molar-refractivity contribution in [3.8, 4) is 11.3 Å². The first-order chi connectivity index (χ1) is 13.9. The summed E-state index contributed by atoms with van der Waals surface area (Å²) in [5.41, 5.74) is 9.31. The molecule has 0 unspecified atom stereocenters. The van der Waals surface area contributed by atoms with E-state index in [1.165, 1.54) is 13.2 Å². The number of nitrogen functional groups attached to an aromatic ring is 1. The fourth-order valence-electron chi connectivity index (χ4n) is 2.75. The lowest BCUT2D eigenvalue weighted by atomic mass is 10.1. The van der Waals surface area contributed by atoms with Gasteiger partial charge in [0.1, 0.15) is 0 Å². The Morgan fingerprint density at radius 3 is 2.69 bits per heavy atom. The first-order valence-corrected chi connectivity index (χ1v) is 9.25. The summed E-state index contributed by atoms with van der Waals surface area (Å²) in [7, 11) is 1.49. The number of aromatic nitrogens is 2. The first-order valence-electron chi connectivity index (χ1n) is 8.87. The number of carbonyl (C=O) groups is 2. The van der Waals surface area contributed by atoms with Crippen LogP contribution in [0.4, 0.5) is 5.82 Å². The Balaban J connectivity index is 1.81. The van der Waals surface area contributed by atoms with Crippen LogP contribution in [-0.4, -0.2) is 28.8 Å². The molecule has 0 fully saturated rings. The number of benzene rings is 2. The Morgan fingerprint density at radius 2 is 1.93 bits per heavy atom. The summed E-state index contributed by atoms with van der Waals surface area (Å²) in [4.78, 5) is 32.8. The quantitative estimate of drug-likeness (QED) is 0.600. The van der Waals surface area contributed by atoms with E-state index >= 15 is 0 Å². The normalized spacial score (nSPS) is 10.4. The fraction of sp³-hybridized carbons (Fsp3) is 0.143. The van der Waals surface area contributed by atoms with Crippen molar-refractivity contribution in [1.29, 1.82) is 0 Å². The molecule has 0 saturated carbocycles. The molecule has 0 aliphatic rings. The SMILES string of the molecule is CNC(=O)c1nc(-c2cccc(C(=O)NCc3cc(Cl)ccc3C)c2)cnc1N. The molecule has 0 spiro atoms. The van der Waals surface area contributed by atoms with Gasteiger partial charge in [0.2, 0.25) is 0 Å². The summed E-state index contributed by atoms with van der Waals surface area (Å²) in [6.07, 6.45) is 1.47. The molecule has 1 aromatic heterocycles. The predicted octanol–water partition coefficient (Wildman–Crippen LogP) is 2.98. The monoisotopic (exact) mass is 409 g/mol. The molecule has 0 radical (unpaired) electrons. The average molecular weight is 410 g/mol. The number of aryl methyl sites for hydroxylation is 1. The molecule has 148 valence electrons. The largest absolute Gasteiger partial charge is 0.382 e. The standard InChI is InChI=1S/C21H20ClN5O2/c1-12-6-7-16(22)9-15(12)10-26-20(28)14-5-3-4-13(8-14)17-11-25-19(23)18(27-17)21(29)24-2/h3-9,11H,10H2,1-2H3,(H2,23,25)(H,24,29)(H,26,28). The van der Waals surface area contributed by atoms with Crippen LogP contribution >= 0.6 is 11.6 Å². The second-order valence-corrected chi connectivity index (χ2v) is 6.84. The summed E-state index contributed by atoms with van der Waals surface area (Å²) in [5.74, 6) is -0.623. The number of carbonyl (C=O) groups excluding carboxylic acids is 2. The van der Waals surface area contributed by atoms with Gasteiger partial charge in [0.05, 0.1) is 11.9 Å². The minimum Gasteiger partial charge on any atom is -0.382 e. The van der Waals surface area contributed by atoms with Crippen molar-refractivity contribution in [2.24, 2.45) is 0 Å². The molecule has 3 rings (SSSR count). The van der Waals surface area contributed by atoms with Gasteiger partial charge in [-0.3, -0.25) is 9.59 Å². The van der Waals surface area contributed by atoms with E-state index in [4.69, 9.17) is 17.3 Å². The topological polar surface area (TPSA) is 110 Å². The molecular formula is C21H20ClN5O2. The minimum atomic E-state index is -0.428. The molecule has 4 N–H and O–H groups in total. The van der Waals surface area contributed by atoms with E-state index in [0.29, 0.717) is 28.4 Å². The summed E-state index contributed by atoms with van der Waals surface area (Å²) in [6.45, 7) is 2.32. The second kappa shape index (κ2) is 8.70. The molecule has 0 aliphatic heterocycles. The zero-order valence-corrected chi connectivity index (χ0v) is 16.7. The third kappa shape index (κ3) is 4.70. The Bertz CT molecular complexity index is 1080.